The van der Waals surface area contributed by atoms with Gasteiger partial charge in [0.25, 0.3) is 0 Å². The number of methoxy groups -OCH3 is 4. The molecule has 0 aliphatic rings. The number of carbonyl (C=O) groups excluding carboxylic acids is 1. The highest BCUT2D eigenvalue weighted by molar-refractivity contribution is 5.98. The maximum absolute atomic E-state index is 12.0. The Morgan fingerprint density at radius 2 is 1.87 bits per heavy atom. The van der Waals surface area contributed by atoms with Crippen LogP contribution in [0.1, 0.15) is 21.7 Å². The van der Waals surface area contributed by atoms with Crippen molar-refractivity contribution in [3.05, 3.63) is 35.2 Å². The van der Waals surface area contributed by atoms with Gasteiger partial charge in [-0.15, -0.1) is 0 Å². The number of oxazole rings is 1. The minimum absolute atomic E-state index is 0.154. The van der Waals surface area contributed by atoms with Gasteiger partial charge < -0.3 is 23.4 Å². The van der Waals surface area contributed by atoms with Gasteiger partial charge in [-0.05, 0) is 17.7 Å². The van der Waals surface area contributed by atoms with Crippen LogP contribution >= 0.6 is 0 Å². The normalized spacial score (nSPS) is 10.6. The highest BCUT2D eigenvalue weighted by atomic mass is 16.6. The molecule has 1 heterocycles. The maximum Gasteiger partial charge on any atom is 0.393 e. The number of aromatic nitrogens is 1. The monoisotopic (exact) mass is 319 g/mol. The molecule has 0 saturated heterocycles. The van der Waals surface area contributed by atoms with Gasteiger partial charge in [0.2, 0.25) is 0 Å². The number of rotatable bonds is 6. The summed E-state index contributed by atoms with van der Waals surface area (Å²) in [5.74, 6) is 0.856. The molecule has 1 aromatic carbocycles. The van der Waals surface area contributed by atoms with Crippen molar-refractivity contribution in [2.45, 2.75) is 0 Å². The Bertz CT molecular complexity index is 719. The van der Waals surface area contributed by atoms with Crippen LogP contribution in [0.2, 0.25) is 0 Å². The molecule has 0 unspecified atom stereocenters. The van der Waals surface area contributed by atoms with Crippen LogP contribution in [0, 0.1) is 0 Å². The molecule has 0 saturated carbocycles. The summed E-state index contributed by atoms with van der Waals surface area (Å²) in [6, 6.07) is 3.31. The van der Waals surface area contributed by atoms with Gasteiger partial charge in [-0.2, -0.15) is 4.98 Å². The number of benzene rings is 1. The van der Waals surface area contributed by atoms with Crippen molar-refractivity contribution in [2.75, 3.05) is 28.4 Å². The van der Waals surface area contributed by atoms with Crippen LogP contribution in [0.5, 0.6) is 17.6 Å². The highest BCUT2D eigenvalue weighted by Gasteiger charge is 2.18. The number of esters is 1. The predicted octanol–water partition coefficient (Wildman–Crippen LogP) is 2.66. The molecular weight excluding hydrogens is 302 g/mol. The van der Waals surface area contributed by atoms with Crippen molar-refractivity contribution in [2.24, 2.45) is 0 Å². The third kappa shape index (κ3) is 3.63. The van der Waals surface area contributed by atoms with Gasteiger partial charge in [0.15, 0.2) is 5.76 Å². The predicted molar refractivity (Wildman–Crippen MR) is 82.9 cm³/mol. The smallest absolute Gasteiger partial charge is 0.393 e. The van der Waals surface area contributed by atoms with E-state index in [1.807, 2.05) is 0 Å². The Labute approximate surface area is 133 Å². The van der Waals surface area contributed by atoms with Crippen LogP contribution < -0.4 is 14.2 Å². The molecule has 0 radical (unpaired) electrons. The Balaban J connectivity index is 2.47. The van der Waals surface area contributed by atoms with E-state index in [1.54, 1.807) is 24.3 Å². The average Bonchev–Trinajstić information content (AvgIpc) is 3.06. The fourth-order valence-corrected chi connectivity index (χ4v) is 1.95. The molecule has 0 N–H and O–H groups in total. The Hall–Kier alpha value is -2.96. The number of carbonyl (C=O) groups is 1. The summed E-state index contributed by atoms with van der Waals surface area (Å²) in [5, 5.41) is 0. The van der Waals surface area contributed by atoms with E-state index >= 15 is 0 Å². The van der Waals surface area contributed by atoms with E-state index < -0.39 is 5.97 Å². The number of nitrogens with zero attached hydrogens (tertiary/aromatic N) is 1. The lowest BCUT2D eigenvalue weighted by atomic mass is 10.0. The second kappa shape index (κ2) is 7.35. The number of hydrogen-bond acceptors (Lipinski definition) is 7. The SMILES string of the molecule is COC(=O)c1c(/C=C/c2cnc(OC)o2)cc(OC)cc1OC. The molecule has 0 amide bonds. The summed E-state index contributed by atoms with van der Waals surface area (Å²) in [6.45, 7) is 0. The minimum Gasteiger partial charge on any atom is -0.497 e. The molecule has 0 bridgehead atoms. The minimum atomic E-state index is -0.515. The molecule has 0 atom stereocenters. The van der Waals surface area contributed by atoms with Gasteiger partial charge in [0.05, 0.1) is 34.6 Å². The fourth-order valence-electron chi connectivity index (χ4n) is 1.95. The van der Waals surface area contributed by atoms with Gasteiger partial charge in [-0.25, -0.2) is 4.79 Å². The fraction of sp³-hybridized carbons (Fsp3) is 0.250. The van der Waals surface area contributed by atoms with E-state index in [0.717, 1.165) is 0 Å². The van der Waals surface area contributed by atoms with Gasteiger partial charge in [0.1, 0.15) is 17.1 Å². The zero-order chi connectivity index (χ0) is 16.8. The van der Waals surface area contributed by atoms with E-state index in [0.29, 0.717) is 28.4 Å². The quantitative estimate of drug-likeness (QED) is 0.757. The average molecular weight is 319 g/mol. The first-order chi connectivity index (χ1) is 11.1. The lowest BCUT2D eigenvalue weighted by Crippen LogP contribution is -2.07. The van der Waals surface area contributed by atoms with Gasteiger partial charge in [-0.1, -0.05) is 6.08 Å². The van der Waals surface area contributed by atoms with E-state index in [-0.39, 0.29) is 6.08 Å². The van der Waals surface area contributed by atoms with E-state index in [4.69, 9.17) is 23.4 Å². The van der Waals surface area contributed by atoms with Crippen molar-refractivity contribution < 1.29 is 28.2 Å². The molecule has 1 aromatic heterocycles. The third-order valence-corrected chi connectivity index (χ3v) is 3.06. The van der Waals surface area contributed by atoms with Crippen LogP contribution in [0.25, 0.3) is 12.2 Å². The lowest BCUT2D eigenvalue weighted by Gasteiger charge is -2.12. The standard InChI is InChI=1S/C16H17NO6/c1-19-12-7-10(5-6-11-9-17-16(22-4)23-11)14(15(18)21-3)13(8-12)20-2/h5-9H,1-4H3/b6-5+. The molecular formula is C16H17NO6. The first-order valence-corrected chi connectivity index (χ1v) is 6.65. The van der Waals surface area contributed by atoms with Crippen molar-refractivity contribution >= 4 is 18.1 Å². The molecule has 7 nitrogen and oxygen atoms in total. The summed E-state index contributed by atoms with van der Waals surface area (Å²) < 4.78 is 25.5. The Kier molecular flexibility index (Phi) is 5.24. The summed E-state index contributed by atoms with van der Waals surface area (Å²) in [4.78, 5) is 15.9. The molecule has 0 fully saturated rings. The zero-order valence-electron chi connectivity index (χ0n) is 13.3. The van der Waals surface area contributed by atoms with E-state index in [9.17, 15) is 4.79 Å². The Morgan fingerprint density at radius 1 is 1.09 bits per heavy atom. The third-order valence-electron chi connectivity index (χ3n) is 3.06. The summed E-state index contributed by atoms with van der Waals surface area (Å²) in [5.41, 5.74) is 0.849. The second-order valence-electron chi connectivity index (χ2n) is 4.35. The van der Waals surface area contributed by atoms with Crippen LogP contribution in [-0.4, -0.2) is 39.4 Å². The van der Waals surface area contributed by atoms with Crippen molar-refractivity contribution in [3.63, 3.8) is 0 Å². The summed E-state index contributed by atoms with van der Waals surface area (Å²) >= 11 is 0. The molecule has 122 valence electrons. The van der Waals surface area contributed by atoms with E-state index in [2.05, 4.69) is 4.98 Å². The Morgan fingerprint density at radius 3 is 2.43 bits per heavy atom. The van der Waals surface area contributed by atoms with Gasteiger partial charge in [-0.3, -0.25) is 0 Å². The number of ether oxygens (including phenoxy) is 4. The van der Waals surface area contributed by atoms with Gasteiger partial charge in [0, 0.05) is 6.07 Å². The van der Waals surface area contributed by atoms with Crippen LogP contribution in [0.4, 0.5) is 0 Å². The molecule has 2 rings (SSSR count). The topological polar surface area (TPSA) is 80.0 Å². The lowest BCUT2D eigenvalue weighted by molar-refractivity contribution is 0.0597. The van der Waals surface area contributed by atoms with Crippen molar-refractivity contribution in [1.82, 2.24) is 4.98 Å². The van der Waals surface area contributed by atoms with Crippen LogP contribution in [-0.2, 0) is 4.74 Å². The molecule has 0 spiro atoms. The van der Waals surface area contributed by atoms with Crippen LogP contribution in [0.15, 0.2) is 22.7 Å². The molecule has 7 heteroatoms. The summed E-state index contributed by atoms with van der Waals surface area (Å²) in [6.07, 6.45) is 4.99. The molecule has 0 aliphatic carbocycles. The maximum atomic E-state index is 12.0. The van der Waals surface area contributed by atoms with Crippen LogP contribution in [0.3, 0.4) is 0 Å². The highest BCUT2D eigenvalue weighted by Crippen LogP contribution is 2.31. The molecule has 2 aromatic rings. The molecule has 23 heavy (non-hydrogen) atoms. The van der Waals surface area contributed by atoms with Crippen molar-refractivity contribution in [3.8, 4) is 17.6 Å². The number of hydrogen-bond donors (Lipinski definition) is 0. The first-order valence-electron chi connectivity index (χ1n) is 6.65. The van der Waals surface area contributed by atoms with E-state index in [1.165, 1.54) is 34.6 Å². The van der Waals surface area contributed by atoms with Gasteiger partial charge >= 0.3 is 12.0 Å². The second-order valence-corrected chi connectivity index (χ2v) is 4.35. The van der Waals surface area contributed by atoms with Crippen molar-refractivity contribution in [1.29, 1.82) is 0 Å². The first kappa shape index (κ1) is 16.4. The molecule has 0 aliphatic heterocycles. The largest absolute Gasteiger partial charge is 0.497 e. The zero-order valence-corrected chi connectivity index (χ0v) is 13.3. The summed E-state index contributed by atoms with van der Waals surface area (Å²) in [7, 11) is 5.76.